The van der Waals surface area contributed by atoms with Crippen molar-refractivity contribution in [2.45, 2.75) is 11.3 Å². The Labute approximate surface area is 153 Å². The first-order chi connectivity index (χ1) is 12.5. The van der Waals surface area contributed by atoms with E-state index in [9.17, 15) is 8.42 Å². The van der Waals surface area contributed by atoms with Crippen LogP contribution in [0, 0.1) is 0 Å². The van der Waals surface area contributed by atoms with E-state index in [4.69, 9.17) is 9.47 Å². The third-order valence-electron chi connectivity index (χ3n) is 4.18. The van der Waals surface area contributed by atoms with Crippen molar-refractivity contribution in [2.24, 2.45) is 0 Å². The lowest BCUT2D eigenvalue weighted by molar-refractivity contribution is 0.354. The highest BCUT2D eigenvalue weighted by Crippen LogP contribution is 2.27. The van der Waals surface area contributed by atoms with Gasteiger partial charge in [-0.25, -0.2) is 13.1 Å². The van der Waals surface area contributed by atoms with E-state index in [0.29, 0.717) is 24.5 Å². The molecule has 0 spiro atoms. The monoisotopic (exact) mass is 371 g/mol. The quantitative estimate of drug-likeness (QED) is 0.692. The number of fused-ring (bicyclic) bond motifs is 1. The molecule has 3 rings (SSSR count). The standard InChI is InChI=1S/C20H21NO4S/c1-24-19-10-7-15(13-20(19)25-2)11-12-21-26(22,23)18-9-8-16-5-3-4-6-17(16)14-18/h3-10,13-14,21H,11-12H2,1-2H3. The normalized spacial score (nSPS) is 11.5. The maximum Gasteiger partial charge on any atom is 0.240 e. The Balaban J connectivity index is 1.70. The third kappa shape index (κ3) is 3.98. The van der Waals surface area contributed by atoms with E-state index < -0.39 is 10.0 Å². The van der Waals surface area contributed by atoms with Crippen LogP contribution in [0.5, 0.6) is 11.5 Å². The smallest absolute Gasteiger partial charge is 0.240 e. The topological polar surface area (TPSA) is 64.6 Å². The summed E-state index contributed by atoms with van der Waals surface area (Å²) in [5.74, 6) is 1.27. The molecule has 0 aromatic heterocycles. The molecule has 0 saturated heterocycles. The first-order valence-corrected chi connectivity index (χ1v) is 9.71. The molecular formula is C20H21NO4S. The molecule has 26 heavy (non-hydrogen) atoms. The molecule has 6 heteroatoms. The van der Waals surface area contributed by atoms with Gasteiger partial charge in [-0.3, -0.25) is 0 Å². The summed E-state index contributed by atoms with van der Waals surface area (Å²) in [6.45, 7) is 0.296. The van der Waals surface area contributed by atoms with Gasteiger partial charge < -0.3 is 9.47 Å². The molecule has 0 atom stereocenters. The number of nitrogens with one attached hydrogen (secondary N) is 1. The predicted octanol–water partition coefficient (Wildman–Crippen LogP) is 3.38. The molecule has 0 bridgehead atoms. The molecule has 5 nitrogen and oxygen atoms in total. The second-order valence-corrected chi connectivity index (χ2v) is 7.61. The van der Waals surface area contributed by atoms with Crippen molar-refractivity contribution in [2.75, 3.05) is 20.8 Å². The van der Waals surface area contributed by atoms with E-state index in [-0.39, 0.29) is 4.90 Å². The lowest BCUT2D eigenvalue weighted by Crippen LogP contribution is -2.26. The SMILES string of the molecule is COc1ccc(CCNS(=O)(=O)c2ccc3ccccc3c2)cc1OC. The maximum absolute atomic E-state index is 12.5. The highest BCUT2D eigenvalue weighted by Gasteiger charge is 2.14. The molecule has 1 N–H and O–H groups in total. The molecule has 0 saturated carbocycles. The fraction of sp³-hybridized carbons (Fsp3) is 0.200. The molecule has 0 aliphatic heterocycles. The molecule has 3 aromatic carbocycles. The number of ether oxygens (including phenoxy) is 2. The summed E-state index contributed by atoms with van der Waals surface area (Å²) in [7, 11) is -0.404. The summed E-state index contributed by atoms with van der Waals surface area (Å²) in [6, 6.07) is 18.4. The Kier molecular flexibility index (Phi) is 5.44. The molecule has 0 aliphatic rings. The summed E-state index contributed by atoms with van der Waals surface area (Å²) in [4.78, 5) is 0.267. The van der Waals surface area contributed by atoms with Crippen LogP contribution < -0.4 is 14.2 Å². The Morgan fingerprint density at radius 3 is 2.31 bits per heavy atom. The minimum atomic E-state index is -3.56. The van der Waals surface area contributed by atoms with Crippen molar-refractivity contribution in [3.8, 4) is 11.5 Å². The lowest BCUT2D eigenvalue weighted by atomic mass is 10.1. The van der Waals surface area contributed by atoms with Gasteiger partial charge in [-0.1, -0.05) is 36.4 Å². The third-order valence-corrected chi connectivity index (χ3v) is 5.64. The van der Waals surface area contributed by atoms with Gasteiger partial charge in [0, 0.05) is 6.54 Å². The molecule has 0 radical (unpaired) electrons. The minimum Gasteiger partial charge on any atom is -0.493 e. The zero-order chi connectivity index (χ0) is 18.6. The van der Waals surface area contributed by atoms with Crippen molar-refractivity contribution >= 4 is 20.8 Å². The summed E-state index contributed by atoms with van der Waals surface area (Å²) in [5, 5.41) is 1.91. The fourth-order valence-corrected chi connectivity index (χ4v) is 3.85. The van der Waals surface area contributed by atoms with E-state index in [1.165, 1.54) is 0 Å². The average molecular weight is 371 g/mol. The number of benzene rings is 3. The lowest BCUT2D eigenvalue weighted by Gasteiger charge is -2.11. The van der Waals surface area contributed by atoms with Crippen molar-refractivity contribution in [3.63, 3.8) is 0 Å². The molecule has 0 amide bonds. The molecule has 136 valence electrons. The number of hydrogen-bond donors (Lipinski definition) is 1. The largest absolute Gasteiger partial charge is 0.493 e. The van der Waals surface area contributed by atoms with Crippen LogP contribution in [0.15, 0.2) is 65.6 Å². The van der Waals surface area contributed by atoms with Crippen LogP contribution in [0.2, 0.25) is 0 Å². The van der Waals surface area contributed by atoms with Crippen LogP contribution in [0.25, 0.3) is 10.8 Å². The van der Waals surface area contributed by atoms with Crippen LogP contribution >= 0.6 is 0 Å². The first kappa shape index (κ1) is 18.2. The Morgan fingerprint density at radius 2 is 1.58 bits per heavy atom. The first-order valence-electron chi connectivity index (χ1n) is 8.23. The summed E-state index contributed by atoms with van der Waals surface area (Å²) >= 11 is 0. The summed E-state index contributed by atoms with van der Waals surface area (Å²) < 4.78 is 38.2. The van der Waals surface area contributed by atoms with E-state index in [1.807, 2.05) is 48.5 Å². The number of rotatable bonds is 7. The van der Waals surface area contributed by atoms with Crippen LogP contribution in [0.1, 0.15) is 5.56 Å². The molecule has 0 heterocycles. The fourth-order valence-electron chi connectivity index (χ4n) is 2.78. The highest BCUT2D eigenvalue weighted by atomic mass is 32.2. The van der Waals surface area contributed by atoms with E-state index in [0.717, 1.165) is 16.3 Å². The van der Waals surface area contributed by atoms with Crippen molar-refractivity contribution < 1.29 is 17.9 Å². The van der Waals surface area contributed by atoms with Gasteiger partial charge in [-0.05, 0) is 47.0 Å². The predicted molar refractivity (Wildman–Crippen MR) is 102 cm³/mol. The maximum atomic E-state index is 12.5. The number of methoxy groups -OCH3 is 2. The molecule has 0 aliphatic carbocycles. The Bertz CT molecular complexity index is 1020. The second kappa shape index (κ2) is 7.76. The zero-order valence-electron chi connectivity index (χ0n) is 14.7. The summed E-state index contributed by atoms with van der Waals surface area (Å²) in [5.41, 5.74) is 0.962. The van der Waals surface area contributed by atoms with Gasteiger partial charge >= 0.3 is 0 Å². The van der Waals surface area contributed by atoms with E-state index >= 15 is 0 Å². The molecule has 3 aromatic rings. The van der Waals surface area contributed by atoms with Gasteiger partial charge in [0.25, 0.3) is 0 Å². The van der Waals surface area contributed by atoms with E-state index in [2.05, 4.69) is 4.72 Å². The number of hydrogen-bond acceptors (Lipinski definition) is 4. The van der Waals surface area contributed by atoms with Gasteiger partial charge in [-0.15, -0.1) is 0 Å². The minimum absolute atomic E-state index is 0.267. The Morgan fingerprint density at radius 1 is 0.846 bits per heavy atom. The van der Waals surface area contributed by atoms with E-state index in [1.54, 1.807) is 26.4 Å². The molecule has 0 fully saturated rings. The summed E-state index contributed by atoms with van der Waals surface area (Å²) in [6.07, 6.45) is 0.549. The zero-order valence-corrected chi connectivity index (χ0v) is 15.5. The van der Waals surface area contributed by atoms with Gasteiger partial charge in [0.05, 0.1) is 19.1 Å². The van der Waals surface area contributed by atoms with Crippen LogP contribution in [-0.4, -0.2) is 29.2 Å². The highest BCUT2D eigenvalue weighted by molar-refractivity contribution is 7.89. The Hall–Kier alpha value is -2.57. The van der Waals surface area contributed by atoms with Crippen LogP contribution in [-0.2, 0) is 16.4 Å². The van der Waals surface area contributed by atoms with Crippen molar-refractivity contribution in [3.05, 3.63) is 66.2 Å². The second-order valence-electron chi connectivity index (χ2n) is 5.85. The number of sulfonamides is 1. The van der Waals surface area contributed by atoms with Gasteiger partial charge in [0.15, 0.2) is 11.5 Å². The van der Waals surface area contributed by atoms with Crippen LogP contribution in [0.3, 0.4) is 0 Å². The van der Waals surface area contributed by atoms with Gasteiger partial charge in [0.2, 0.25) is 10.0 Å². The van der Waals surface area contributed by atoms with Crippen LogP contribution in [0.4, 0.5) is 0 Å². The molecular weight excluding hydrogens is 350 g/mol. The average Bonchev–Trinajstić information content (AvgIpc) is 2.67. The molecule has 0 unspecified atom stereocenters. The van der Waals surface area contributed by atoms with Crippen molar-refractivity contribution in [1.82, 2.24) is 4.72 Å². The van der Waals surface area contributed by atoms with Gasteiger partial charge in [0.1, 0.15) is 0 Å². The van der Waals surface area contributed by atoms with Crippen molar-refractivity contribution in [1.29, 1.82) is 0 Å². The van der Waals surface area contributed by atoms with Gasteiger partial charge in [-0.2, -0.15) is 0 Å².